The molecular formula is C12H12BrN3. The van der Waals surface area contributed by atoms with E-state index in [0.717, 1.165) is 21.5 Å². The van der Waals surface area contributed by atoms with Crippen LogP contribution in [0.4, 0.5) is 11.4 Å². The van der Waals surface area contributed by atoms with E-state index in [1.54, 1.807) is 6.20 Å². The maximum absolute atomic E-state index is 5.85. The molecule has 0 aliphatic carbocycles. The summed E-state index contributed by atoms with van der Waals surface area (Å²) in [6.07, 6.45) is 1.78. The third-order valence-electron chi connectivity index (χ3n) is 2.27. The number of para-hydroxylation sites is 1. The summed E-state index contributed by atoms with van der Waals surface area (Å²) >= 11 is 3.29. The van der Waals surface area contributed by atoms with Crippen LogP contribution < -0.4 is 11.1 Å². The third kappa shape index (κ3) is 2.73. The van der Waals surface area contributed by atoms with Crippen LogP contribution in [0.1, 0.15) is 5.56 Å². The van der Waals surface area contributed by atoms with Crippen LogP contribution in [-0.4, -0.2) is 4.98 Å². The molecule has 0 aliphatic heterocycles. The van der Waals surface area contributed by atoms with Crippen LogP contribution in [0.2, 0.25) is 0 Å². The standard InChI is InChI=1S/C12H12BrN3/c13-12-6-5-10(8-16-12)15-7-9-3-1-2-4-11(9)14/h1-6,8,15H,7,14H2. The van der Waals surface area contributed by atoms with Gasteiger partial charge in [0, 0.05) is 12.2 Å². The van der Waals surface area contributed by atoms with Crippen molar-refractivity contribution < 1.29 is 0 Å². The molecule has 0 atom stereocenters. The third-order valence-corrected chi connectivity index (χ3v) is 2.73. The molecule has 1 aromatic heterocycles. The van der Waals surface area contributed by atoms with Crippen molar-refractivity contribution in [1.29, 1.82) is 0 Å². The highest BCUT2D eigenvalue weighted by atomic mass is 79.9. The molecule has 1 aromatic carbocycles. The lowest BCUT2D eigenvalue weighted by Gasteiger charge is -2.08. The van der Waals surface area contributed by atoms with Crippen LogP contribution in [0.5, 0.6) is 0 Å². The second kappa shape index (κ2) is 4.99. The predicted molar refractivity (Wildman–Crippen MR) is 70.1 cm³/mol. The Kier molecular flexibility index (Phi) is 3.41. The number of benzene rings is 1. The van der Waals surface area contributed by atoms with E-state index in [0.29, 0.717) is 6.54 Å². The summed E-state index contributed by atoms with van der Waals surface area (Å²) in [5.74, 6) is 0. The Morgan fingerprint density at radius 2 is 2.00 bits per heavy atom. The summed E-state index contributed by atoms with van der Waals surface area (Å²) in [7, 11) is 0. The van der Waals surface area contributed by atoms with Crippen LogP contribution in [0.25, 0.3) is 0 Å². The summed E-state index contributed by atoms with van der Waals surface area (Å²) in [5, 5.41) is 3.27. The van der Waals surface area contributed by atoms with Gasteiger partial charge in [0.15, 0.2) is 0 Å². The number of rotatable bonds is 3. The Morgan fingerprint density at radius 1 is 1.19 bits per heavy atom. The minimum Gasteiger partial charge on any atom is -0.398 e. The quantitative estimate of drug-likeness (QED) is 0.670. The molecular weight excluding hydrogens is 266 g/mol. The van der Waals surface area contributed by atoms with Gasteiger partial charge in [-0.05, 0) is 39.7 Å². The van der Waals surface area contributed by atoms with Crippen LogP contribution in [0.3, 0.4) is 0 Å². The highest BCUT2D eigenvalue weighted by Crippen LogP contribution is 2.14. The maximum atomic E-state index is 5.85. The van der Waals surface area contributed by atoms with Gasteiger partial charge in [-0.15, -0.1) is 0 Å². The molecule has 0 saturated heterocycles. The zero-order chi connectivity index (χ0) is 11.4. The molecule has 3 nitrogen and oxygen atoms in total. The predicted octanol–water partition coefficient (Wildman–Crippen LogP) is 3.04. The summed E-state index contributed by atoms with van der Waals surface area (Å²) < 4.78 is 0.831. The monoisotopic (exact) mass is 277 g/mol. The van der Waals surface area contributed by atoms with E-state index in [9.17, 15) is 0 Å². The molecule has 82 valence electrons. The van der Waals surface area contributed by atoms with Gasteiger partial charge < -0.3 is 11.1 Å². The molecule has 2 rings (SSSR count). The van der Waals surface area contributed by atoms with Gasteiger partial charge in [0.2, 0.25) is 0 Å². The number of hydrogen-bond donors (Lipinski definition) is 2. The van der Waals surface area contributed by atoms with Crippen LogP contribution >= 0.6 is 15.9 Å². The van der Waals surface area contributed by atoms with Gasteiger partial charge in [0.05, 0.1) is 11.9 Å². The topological polar surface area (TPSA) is 50.9 Å². The van der Waals surface area contributed by atoms with E-state index >= 15 is 0 Å². The number of nitrogens with one attached hydrogen (secondary N) is 1. The normalized spacial score (nSPS) is 10.1. The minimum absolute atomic E-state index is 0.704. The maximum Gasteiger partial charge on any atom is 0.106 e. The highest BCUT2D eigenvalue weighted by molar-refractivity contribution is 9.10. The molecule has 0 aliphatic rings. The molecule has 0 radical (unpaired) electrons. The van der Waals surface area contributed by atoms with Gasteiger partial charge in [-0.25, -0.2) is 4.98 Å². The van der Waals surface area contributed by atoms with E-state index < -0.39 is 0 Å². The molecule has 16 heavy (non-hydrogen) atoms. The molecule has 1 heterocycles. The Balaban J connectivity index is 2.02. The molecule has 2 aromatic rings. The van der Waals surface area contributed by atoms with Crippen LogP contribution in [-0.2, 0) is 6.54 Å². The molecule has 0 saturated carbocycles. The number of aromatic nitrogens is 1. The number of nitrogens with zero attached hydrogens (tertiary/aromatic N) is 1. The Morgan fingerprint density at radius 3 is 2.69 bits per heavy atom. The summed E-state index contributed by atoms with van der Waals surface area (Å²) in [6, 6.07) is 11.7. The zero-order valence-electron chi connectivity index (χ0n) is 8.65. The number of halogens is 1. The van der Waals surface area contributed by atoms with E-state index in [2.05, 4.69) is 26.2 Å². The average molecular weight is 278 g/mol. The second-order valence-corrected chi connectivity index (χ2v) is 4.23. The summed E-state index contributed by atoms with van der Waals surface area (Å²) in [5.41, 5.74) is 8.72. The largest absolute Gasteiger partial charge is 0.398 e. The van der Waals surface area contributed by atoms with Gasteiger partial charge in [0.25, 0.3) is 0 Å². The van der Waals surface area contributed by atoms with Crippen molar-refractivity contribution in [2.24, 2.45) is 0 Å². The van der Waals surface area contributed by atoms with Gasteiger partial charge in [-0.1, -0.05) is 18.2 Å². The lowest BCUT2D eigenvalue weighted by molar-refractivity contribution is 1.14. The van der Waals surface area contributed by atoms with Crippen molar-refractivity contribution in [3.8, 4) is 0 Å². The number of anilines is 2. The van der Waals surface area contributed by atoms with Gasteiger partial charge in [0.1, 0.15) is 4.60 Å². The van der Waals surface area contributed by atoms with Crippen molar-refractivity contribution in [3.05, 3.63) is 52.8 Å². The Hall–Kier alpha value is -1.55. The SMILES string of the molecule is Nc1ccccc1CNc1ccc(Br)nc1. The smallest absolute Gasteiger partial charge is 0.106 e. The van der Waals surface area contributed by atoms with Crippen molar-refractivity contribution in [2.75, 3.05) is 11.1 Å². The molecule has 4 heteroatoms. The first kappa shape index (κ1) is 11.0. The van der Waals surface area contributed by atoms with E-state index in [-0.39, 0.29) is 0 Å². The number of nitrogen functional groups attached to an aromatic ring is 1. The first-order valence-corrected chi connectivity index (χ1v) is 5.74. The zero-order valence-corrected chi connectivity index (χ0v) is 10.2. The molecule has 0 bridgehead atoms. The first-order chi connectivity index (χ1) is 7.75. The van der Waals surface area contributed by atoms with Gasteiger partial charge in [-0.3, -0.25) is 0 Å². The molecule has 0 unspecified atom stereocenters. The Bertz CT molecular complexity index is 468. The molecule has 3 N–H and O–H groups in total. The fourth-order valence-corrected chi connectivity index (χ4v) is 1.61. The average Bonchev–Trinajstić information content (AvgIpc) is 2.30. The lowest BCUT2D eigenvalue weighted by atomic mass is 10.2. The van der Waals surface area contributed by atoms with Crippen molar-refractivity contribution in [2.45, 2.75) is 6.54 Å². The molecule has 0 amide bonds. The molecule has 0 fully saturated rings. The van der Waals surface area contributed by atoms with Crippen LogP contribution in [0, 0.1) is 0 Å². The fourth-order valence-electron chi connectivity index (χ4n) is 1.37. The molecule has 0 spiro atoms. The fraction of sp³-hybridized carbons (Fsp3) is 0.0833. The second-order valence-electron chi connectivity index (χ2n) is 3.42. The van der Waals surface area contributed by atoms with Crippen molar-refractivity contribution in [1.82, 2.24) is 4.98 Å². The number of nitrogens with two attached hydrogens (primary N) is 1. The summed E-state index contributed by atoms with van der Waals surface area (Å²) in [4.78, 5) is 4.14. The number of pyridine rings is 1. The summed E-state index contributed by atoms with van der Waals surface area (Å²) in [6.45, 7) is 0.704. The van der Waals surface area contributed by atoms with Crippen LogP contribution in [0.15, 0.2) is 47.2 Å². The highest BCUT2D eigenvalue weighted by Gasteiger charge is 1.98. The van der Waals surface area contributed by atoms with Gasteiger partial charge in [-0.2, -0.15) is 0 Å². The minimum atomic E-state index is 0.704. The van der Waals surface area contributed by atoms with Gasteiger partial charge >= 0.3 is 0 Å². The van der Waals surface area contributed by atoms with Crippen molar-refractivity contribution >= 4 is 27.3 Å². The lowest BCUT2D eigenvalue weighted by Crippen LogP contribution is -2.02. The van der Waals surface area contributed by atoms with E-state index in [4.69, 9.17) is 5.73 Å². The van der Waals surface area contributed by atoms with E-state index in [1.165, 1.54) is 0 Å². The Labute approximate surface area is 103 Å². The van der Waals surface area contributed by atoms with Crippen molar-refractivity contribution in [3.63, 3.8) is 0 Å². The first-order valence-electron chi connectivity index (χ1n) is 4.94. The number of hydrogen-bond acceptors (Lipinski definition) is 3. The van der Waals surface area contributed by atoms with E-state index in [1.807, 2.05) is 36.4 Å².